The number of hydrogen-bond donors (Lipinski definition) is 1. The minimum atomic E-state index is -3.82. The summed E-state index contributed by atoms with van der Waals surface area (Å²) in [5.74, 6) is 0.423. The van der Waals surface area contributed by atoms with E-state index in [2.05, 4.69) is 5.32 Å². The summed E-state index contributed by atoms with van der Waals surface area (Å²) >= 11 is 0. The lowest BCUT2D eigenvalue weighted by molar-refractivity contribution is 0.0946. The zero-order valence-corrected chi connectivity index (χ0v) is 19.3. The Bertz CT molecular complexity index is 1030. The van der Waals surface area contributed by atoms with Gasteiger partial charge in [0.25, 0.3) is 5.91 Å². The molecule has 1 N–H and O–H groups in total. The molecule has 0 spiro atoms. The third kappa shape index (κ3) is 5.77. The molecule has 9 heteroatoms. The number of nitrogens with one attached hydrogen (secondary N) is 1. The molecule has 32 heavy (non-hydrogen) atoms. The Morgan fingerprint density at radius 2 is 1.78 bits per heavy atom. The molecule has 1 saturated heterocycles. The highest BCUT2D eigenvalue weighted by molar-refractivity contribution is 7.89. The molecule has 0 bridgehead atoms. The van der Waals surface area contributed by atoms with Crippen molar-refractivity contribution in [3.8, 4) is 11.5 Å². The van der Waals surface area contributed by atoms with Gasteiger partial charge in [-0.05, 0) is 60.7 Å². The predicted molar refractivity (Wildman–Crippen MR) is 119 cm³/mol. The summed E-state index contributed by atoms with van der Waals surface area (Å²) in [6.07, 6.45) is 0.978. The van der Waals surface area contributed by atoms with Crippen LogP contribution in [0.1, 0.15) is 30.6 Å². The van der Waals surface area contributed by atoms with Crippen molar-refractivity contribution in [2.75, 3.05) is 33.4 Å². The first kappa shape index (κ1) is 24.0. The van der Waals surface area contributed by atoms with Gasteiger partial charge in [0, 0.05) is 18.7 Å². The van der Waals surface area contributed by atoms with Crippen molar-refractivity contribution in [1.29, 1.82) is 0 Å². The molecule has 1 aliphatic heterocycles. The Kier molecular flexibility index (Phi) is 7.73. The van der Waals surface area contributed by atoms with Gasteiger partial charge in [-0.1, -0.05) is 13.8 Å². The van der Waals surface area contributed by atoms with Crippen molar-refractivity contribution in [3.63, 3.8) is 0 Å². The molecule has 1 heterocycles. The summed E-state index contributed by atoms with van der Waals surface area (Å²) < 4.78 is 51.8. The lowest BCUT2D eigenvalue weighted by Crippen LogP contribution is -2.42. The van der Waals surface area contributed by atoms with Crippen molar-refractivity contribution in [1.82, 2.24) is 9.62 Å². The summed E-state index contributed by atoms with van der Waals surface area (Å²) in [7, 11) is -2.41. The second-order valence-electron chi connectivity index (χ2n) is 8.19. The molecule has 2 aromatic rings. The molecular weight excluding hydrogens is 435 g/mol. The van der Waals surface area contributed by atoms with Gasteiger partial charge in [0.2, 0.25) is 10.0 Å². The second kappa shape index (κ2) is 10.3. The molecule has 2 unspecified atom stereocenters. The number of carbonyl (C=O) groups excluding carboxylic acids is 1. The largest absolute Gasteiger partial charge is 0.495 e. The van der Waals surface area contributed by atoms with Crippen LogP contribution in [0, 0.1) is 17.7 Å². The maximum absolute atomic E-state index is 13.3. The van der Waals surface area contributed by atoms with Gasteiger partial charge in [0.1, 0.15) is 28.8 Å². The second-order valence-corrected chi connectivity index (χ2v) is 10.1. The number of ether oxygens (including phenoxy) is 2. The quantitative estimate of drug-likeness (QED) is 0.606. The van der Waals surface area contributed by atoms with E-state index < -0.39 is 15.9 Å². The number of methoxy groups -OCH3 is 1. The summed E-state index contributed by atoms with van der Waals surface area (Å²) in [6, 6.07) is 9.95. The molecule has 1 fully saturated rings. The Balaban J connectivity index is 1.69. The van der Waals surface area contributed by atoms with E-state index in [4.69, 9.17) is 9.47 Å². The van der Waals surface area contributed by atoms with Crippen LogP contribution in [0.4, 0.5) is 4.39 Å². The van der Waals surface area contributed by atoms with Crippen LogP contribution in [0.15, 0.2) is 47.4 Å². The molecule has 0 aromatic heterocycles. The maximum Gasteiger partial charge on any atom is 0.251 e. The number of rotatable bonds is 8. The molecule has 0 saturated carbocycles. The Morgan fingerprint density at radius 3 is 2.41 bits per heavy atom. The van der Waals surface area contributed by atoms with Gasteiger partial charge in [-0.3, -0.25) is 4.79 Å². The average molecular weight is 465 g/mol. The fourth-order valence-electron chi connectivity index (χ4n) is 3.93. The number of hydrogen-bond acceptors (Lipinski definition) is 5. The van der Waals surface area contributed by atoms with E-state index in [0.717, 1.165) is 6.42 Å². The molecule has 2 atom stereocenters. The van der Waals surface area contributed by atoms with E-state index in [0.29, 0.717) is 18.8 Å². The molecule has 1 amide bonds. The van der Waals surface area contributed by atoms with E-state index in [9.17, 15) is 17.6 Å². The first-order valence-electron chi connectivity index (χ1n) is 10.6. The summed E-state index contributed by atoms with van der Waals surface area (Å²) in [5.41, 5.74) is 0.212. The fraction of sp³-hybridized carbons (Fsp3) is 0.435. The van der Waals surface area contributed by atoms with Gasteiger partial charge >= 0.3 is 0 Å². The Morgan fingerprint density at radius 1 is 1.12 bits per heavy atom. The average Bonchev–Trinajstić information content (AvgIpc) is 2.76. The number of halogens is 1. The van der Waals surface area contributed by atoms with Crippen LogP contribution in [0.5, 0.6) is 11.5 Å². The number of sulfonamides is 1. The molecule has 1 aliphatic rings. The van der Waals surface area contributed by atoms with Gasteiger partial charge in [-0.15, -0.1) is 0 Å². The predicted octanol–water partition coefficient (Wildman–Crippen LogP) is 3.31. The normalized spacial score (nSPS) is 19.4. The molecule has 2 aromatic carbocycles. The number of benzene rings is 2. The minimum Gasteiger partial charge on any atom is -0.495 e. The summed E-state index contributed by atoms with van der Waals surface area (Å²) in [6.45, 7) is 5.33. The molecule has 0 radical (unpaired) electrons. The van der Waals surface area contributed by atoms with Crippen LogP contribution in [-0.2, 0) is 10.0 Å². The zero-order valence-electron chi connectivity index (χ0n) is 18.5. The van der Waals surface area contributed by atoms with Gasteiger partial charge in [-0.2, -0.15) is 4.31 Å². The third-order valence-electron chi connectivity index (χ3n) is 5.35. The van der Waals surface area contributed by atoms with Crippen molar-refractivity contribution >= 4 is 15.9 Å². The molecule has 174 valence electrons. The minimum absolute atomic E-state index is 0.0171. The number of piperidine rings is 1. The van der Waals surface area contributed by atoms with Crippen LogP contribution >= 0.6 is 0 Å². The van der Waals surface area contributed by atoms with Crippen LogP contribution in [0.25, 0.3) is 0 Å². The zero-order chi connectivity index (χ0) is 23.3. The number of nitrogens with zero attached hydrogens (tertiary/aromatic N) is 1. The van der Waals surface area contributed by atoms with Crippen LogP contribution < -0.4 is 14.8 Å². The van der Waals surface area contributed by atoms with Gasteiger partial charge < -0.3 is 14.8 Å². The topological polar surface area (TPSA) is 84.9 Å². The van der Waals surface area contributed by atoms with Crippen molar-refractivity contribution in [2.45, 2.75) is 25.2 Å². The van der Waals surface area contributed by atoms with E-state index in [1.165, 1.54) is 53.9 Å². The van der Waals surface area contributed by atoms with E-state index in [1.807, 2.05) is 13.8 Å². The fourth-order valence-corrected chi connectivity index (χ4v) is 5.79. The van der Waals surface area contributed by atoms with Crippen molar-refractivity contribution in [2.24, 2.45) is 11.8 Å². The highest BCUT2D eigenvalue weighted by Gasteiger charge is 2.34. The van der Waals surface area contributed by atoms with E-state index in [-0.39, 0.29) is 47.0 Å². The van der Waals surface area contributed by atoms with Crippen LogP contribution in [0.3, 0.4) is 0 Å². The lowest BCUT2D eigenvalue weighted by Gasteiger charge is -2.34. The molecule has 0 aliphatic carbocycles. The van der Waals surface area contributed by atoms with Crippen LogP contribution in [-0.4, -0.2) is 52.0 Å². The molecule has 7 nitrogen and oxygen atoms in total. The number of carbonyl (C=O) groups is 1. The highest BCUT2D eigenvalue weighted by Crippen LogP contribution is 2.32. The first-order valence-corrected chi connectivity index (χ1v) is 12.0. The Hall–Kier alpha value is -2.65. The molecular formula is C23H29FN2O5S. The SMILES string of the molecule is COc1ccc(C(=O)NCCOc2ccc(F)cc2)cc1S(=O)(=O)N1CC(C)CC(C)C1. The monoisotopic (exact) mass is 464 g/mol. The van der Waals surface area contributed by atoms with Crippen molar-refractivity contribution in [3.05, 3.63) is 53.8 Å². The maximum atomic E-state index is 13.3. The van der Waals surface area contributed by atoms with Gasteiger partial charge in [-0.25, -0.2) is 12.8 Å². The standard InChI is InChI=1S/C23H29FN2O5S/c1-16-12-17(2)15-26(14-16)32(28,29)22-13-18(4-9-21(22)30-3)23(27)25-10-11-31-20-7-5-19(24)6-8-20/h4-9,13,16-17H,10-12,14-15H2,1-3H3,(H,25,27). The van der Waals surface area contributed by atoms with Crippen molar-refractivity contribution < 1.29 is 27.1 Å². The highest BCUT2D eigenvalue weighted by atomic mass is 32.2. The van der Waals surface area contributed by atoms with E-state index >= 15 is 0 Å². The third-order valence-corrected chi connectivity index (χ3v) is 7.20. The molecule has 3 rings (SSSR count). The smallest absolute Gasteiger partial charge is 0.251 e. The Labute approximate surface area is 188 Å². The van der Waals surface area contributed by atoms with E-state index in [1.54, 1.807) is 0 Å². The first-order chi connectivity index (χ1) is 15.2. The van der Waals surface area contributed by atoms with Gasteiger partial charge in [0.05, 0.1) is 13.7 Å². The van der Waals surface area contributed by atoms with Crippen LogP contribution in [0.2, 0.25) is 0 Å². The number of amides is 1. The summed E-state index contributed by atoms with van der Waals surface area (Å²) in [4.78, 5) is 12.6. The van der Waals surface area contributed by atoms with Gasteiger partial charge in [0.15, 0.2) is 0 Å². The summed E-state index contributed by atoms with van der Waals surface area (Å²) in [5, 5.41) is 2.70. The lowest BCUT2D eigenvalue weighted by atomic mass is 9.94.